The first-order valence-electron chi connectivity index (χ1n) is 7.52. The molecule has 12 heteroatoms. The zero-order valence-corrected chi connectivity index (χ0v) is 14.5. The Morgan fingerprint density at radius 2 is 1.96 bits per heavy atom. The molecule has 142 valence electrons. The molecule has 0 bridgehead atoms. The number of nitrogen functional groups attached to an aromatic ring is 2. The number of guanidine groups is 1. The van der Waals surface area contributed by atoms with Crippen molar-refractivity contribution in [3.05, 3.63) is 45.5 Å². The van der Waals surface area contributed by atoms with Crippen LogP contribution in [-0.4, -0.2) is 10.9 Å². The molecule has 3 rings (SSSR count). The van der Waals surface area contributed by atoms with Crippen LogP contribution in [0.4, 0.5) is 30.5 Å². The van der Waals surface area contributed by atoms with Gasteiger partial charge in [0.2, 0.25) is 5.96 Å². The van der Waals surface area contributed by atoms with Gasteiger partial charge >= 0.3 is 6.18 Å². The van der Waals surface area contributed by atoms with Crippen LogP contribution >= 0.6 is 11.6 Å². The summed E-state index contributed by atoms with van der Waals surface area (Å²) in [6.07, 6.45) is -2.95. The van der Waals surface area contributed by atoms with Crippen molar-refractivity contribution in [3.63, 3.8) is 0 Å². The first-order chi connectivity index (χ1) is 13.2. The molecule has 28 heavy (non-hydrogen) atoms. The number of alkyl halides is 3. The van der Waals surface area contributed by atoms with E-state index >= 15 is 0 Å². The van der Waals surface area contributed by atoms with Crippen molar-refractivity contribution in [2.45, 2.75) is 12.2 Å². The van der Waals surface area contributed by atoms with Gasteiger partial charge < -0.3 is 16.8 Å². The number of halogens is 4. The fourth-order valence-corrected chi connectivity index (χ4v) is 3.05. The second kappa shape index (κ2) is 6.79. The Kier molecular flexibility index (Phi) is 4.63. The average molecular weight is 407 g/mol. The largest absolute Gasteiger partial charge is 0.417 e. The maximum absolute atomic E-state index is 13.0. The van der Waals surface area contributed by atoms with Crippen molar-refractivity contribution in [2.24, 2.45) is 4.99 Å². The highest BCUT2D eigenvalue weighted by molar-refractivity contribution is 6.31. The predicted molar refractivity (Wildman–Crippen MR) is 95.9 cm³/mol. The minimum atomic E-state index is -4.62. The number of nitrogens with two attached hydrogens (primary N) is 2. The Morgan fingerprint density at radius 3 is 2.54 bits per heavy atom. The smallest absolute Gasteiger partial charge is 0.397 e. The van der Waals surface area contributed by atoms with Gasteiger partial charge in [0, 0.05) is 5.56 Å². The molecule has 2 aromatic rings. The van der Waals surface area contributed by atoms with Gasteiger partial charge in [-0.05, 0) is 17.7 Å². The van der Waals surface area contributed by atoms with E-state index in [0.717, 1.165) is 12.1 Å². The highest BCUT2D eigenvalue weighted by Gasteiger charge is 2.35. The predicted octanol–water partition coefficient (Wildman–Crippen LogP) is 2.73. The number of rotatable bonds is 1. The summed E-state index contributed by atoms with van der Waals surface area (Å²) >= 11 is 5.81. The normalized spacial score (nSPS) is 15.5. The van der Waals surface area contributed by atoms with Crippen molar-refractivity contribution < 1.29 is 13.2 Å². The van der Waals surface area contributed by atoms with E-state index in [1.54, 1.807) is 6.19 Å². The first-order valence-corrected chi connectivity index (χ1v) is 7.90. The number of benzene rings is 1. The van der Waals surface area contributed by atoms with E-state index in [-0.39, 0.29) is 40.0 Å². The van der Waals surface area contributed by atoms with Crippen molar-refractivity contribution in [1.29, 1.82) is 10.5 Å². The lowest BCUT2D eigenvalue weighted by atomic mass is 9.94. The highest BCUT2D eigenvalue weighted by Crippen LogP contribution is 2.42. The molecule has 0 aliphatic carbocycles. The number of pyridine rings is 1. The molecule has 1 aromatic heterocycles. The van der Waals surface area contributed by atoms with Gasteiger partial charge in [0.15, 0.2) is 6.19 Å². The SMILES string of the molecule is N#CNC1=NC(c2ccc(C(F)(F)F)c(Cl)c2)c2c(nc(N)c(C#N)c2N)N1. The number of aliphatic imine (C=N–C) groups is 1. The number of hydrogen-bond acceptors (Lipinski definition) is 8. The number of hydrogen-bond donors (Lipinski definition) is 4. The number of aromatic nitrogens is 1. The Balaban J connectivity index is 2.22. The van der Waals surface area contributed by atoms with E-state index in [1.807, 2.05) is 6.07 Å². The fourth-order valence-electron chi connectivity index (χ4n) is 2.75. The van der Waals surface area contributed by atoms with Gasteiger partial charge in [0.1, 0.15) is 29.3 Å². The molecule has 1 aliphatic rings. The zero-order valence-electron chi connectivity index (χ0n) is 13.8. The fraction of sp³-hybridized carbons (Fsp3) is 0.125. The molecule has 0 saturated heterocycles. The molecule has 6 N–H and O–H groups in total. The van der Waals surface area contributed by atoms with Crippen LogP contribution in [0.3, 0.4) is 0 Å². The first kappa shape index (κ1) is 19.1. The van der Waals surface area contributed by atoms with Crippen LogP contribution in [0.5, 0.6) is 0 Å². The second-order valence-electron chi connectivity index (χ2n) is 5.64. The standard InChI is InChI=1S/C16H10ClF3N8/c17-9-3-6(1-2-8(9)16(18,19)20)12-10-11(23)7(4-21)13(24)27-14(10)28-15(26-12)25-5-22/h1-3,12H,(H6,23,24,25,26,27,28). The van der Waals surface area contributed by atoms with Crippen molar-refractivity contribution in [1.82, 2.24) is 10.3 Å². The van der Waals surface area contributed by atoms with E-state index in [9.17, 15) is 18.4 Å². The van der Waals surface area contributed by atoms with Gasteiger partial charge in [0.25, 0.3) is 0 Å². The summed E-state index contributed by atoms with van der Waals surface area (Å²) in [6.45, 7) is 0. The van der Waals surface area contributed by atoms with Crippen LogP contribution in [0.2, 0.25) is 5.02 Å². The molecule has 0 amide bonds. The molecule has 0 spiro atoms. The average Bonchev–Trinajstić information content (AvgIpc) is 2.60. The Hall–Kier alpha value is -3.70. The van der Waals surface area contributed by atoms with Gasteiger partial charge in [0.05, 0.1) is 16.3 Å². The molecule has 2 heterocycles. The van der Waals surface area contributed by atoms with E-state index < -0.39 is 22.8 Å². The minimum Gasteiger partial charge on any atom is -0.397 e. The quantitative estimate of drug-likeness (QED) is 0.420. The molecule has 8 nitrogen and oxygen atoms in total. The van der Waals surface area contributed by atoms with Crippen LogP contribution in [-0.2, 0) is 6.18 Å². The molecule has 0 fully saturated rings. The molecule has 1 atom stereocenters. The number of anilines is 3. The van der Waals surface area contributed by atoms with E-state index in [1.165, 1.54) is 6.07 Å². The number of nitrogens with one attached hydrogen (secondary N) is 2. The maximum Gasteiger partial charge on any atom is 0.417 e. The molecule has 0 saturated carbocycles. The minimum absolute atomic E-state index is 0.0213. The summed E-state index contributed by atoms with van der Waals surface area (Å²) < 4.78 is 39.0. The van der Waals surface area contributed by atoms with Crippen LogP contribution in [0.1, 0.15) is 28.3 Å². The topological polar surface area (TPSA) is 149 Å². The van der Waals surface area contributed by atoms with Crippen LogP contribution < -0.4 is 22.1 Å². The monoisotopic (exact) mass is 406 g/mol. The summed E-state index contributed by atoms with van der Waals surface area (Å²) in [7, 11) is 0. The van der Waals surface area contributed by atoms with Crippen LogP contribution in [0, 0.1) is 22.8 Å². The van der Waals surface area contributed by atoms with Crippen molar-refractivity contribution >= 4 is 34.9 Å². The van der Waals surface area contributed by atoms with Gasteiger partial charge in [-0.3, -0.25) is 5.32 Å². The molecular formula is C16H10ClF3N8. The third kappa shape index (κ3) is 3.19. The highest BCUT2D eigenvalue weighted by atomic mass is 35.5. The maximum atomic E-state index is 13.0. The van der Waals surface area contributed by atoms with Gasteiger partial charge in [-0.2, -0.15) is 23.7 Å². The number of fused-ring (bicyclic) bond motifs is 1. The lowest BCUT2D eigenvalue weighted by Crippen LogP contribution is -2.32. The summed E-state index contributed by atoms with van der Waals surface area (Å²) in [6, 6.07) is 3.95. The van der Waals surface area contributed by atoms with Crippen molar-refractivity contribution in [3.8, 4) is 12.3 Å². The van der Waals surface area contributed by atoms with E-state index in [4.69, 9.17) is 28.3 Å². The molecule has 1 unspecified atom stereocenters. The number of nitrogens with zero attached hydrogens (tertiary/aromatic N) is 4. The van der Waals surface area contributed by atoms with Crippen LogP contribution in [0.25, 0.3) is 0 Å². The zero-order chi connectivity index (χ0) is 20.6. The number of nitriles is 2. The third-order valence-corrected chi connectivity index (χ3v) is 4.28. The van der Waals surface area contributed by atoms with Crippen LogP contribution in [0.15, 0.2) is 23.2 Å². The molecular weight excluding hydrogens is 397 g/mol. The van der Waals surface area contributed by atoms with E-state index in [0.29, 0.717) is 0 Å². The Labute approximate surface area is 161 Å². The Morgan fingerprint density at radius 1 is 1.25 bits per heavy atom. The van der Waals surface area contributed by atoms with E-state index in [2.05, 4.69) is 20.6 Å². The summed E-state index contributed by atoms with van der Waals surface area (Å²) in [4.78, 5) is 8.30. The second-order valence-corrected chi connectivity index (χ2v) is 6.05. The summed E-state index contributed by atoms with van der Waals surface area (Å²) in [5.74, 6) is -0.0524. The lowest BCUT2D eigenvalue weighted by molar-refractivity contribution is -0.137. The van der Waals surface area contributed by atoms with Gasteiger partial charge in [-0.1, -0.05) is 17.7 Å². The summed E-state index contributed by atoms with van der Waals surface area (Å²) in [5, 5.41) is 22.6. The molecule has 1 aliphatic heterocycles. The molecule has 1 aromatic carbocycles. The van der Waals surface area contributed by atoms with Crippen molar-refractivity contribution in [2.75, 3.05) is 16.8 Å². The summed E-state index contributed by atoms with van der Waals surface area (Å²) in [5.41, 5.74) is 11.1. The van der Waals surface area contributed by atoms with Gasteiger partial charge in [-0.25, -0.2) is 9.98 Å². The van der Waals surface area contributed by atoms with Gasteiger partial charge in [-0.15, -0.1) is 0 Å². The lowest BCUT2D eigenvalue weighted by Gasteiger charge is -2.26. The third-order valence-electron chi connectivity index (χ3n) is 3.97. The molecule has 0 radical (unpaired) electrons. The Bertz CT molecular complexity index is 1080.